The lowest BCUT2D eigenvalue weighted by molar-refractivity contribution is 0.179. The molecular weight excluding hydrogens is 295 g/mol. The first-order valence-corrected chi connectivity index (χ1v) is 8.00. The highest BCUT2D eigenvalue weighted by Crippen LogP contribution is 2.23. The number of alkyl halides is 1. The van der Waals surface area contributed by atoms with E-state index in [2.05, 4.69) is 26.9 Å². The van der Waals surface area contributed by atoms with Gasteiger partial charge in [-0.1, -0.05) is 0 Å². The number of nitrogens with zero attached hydrogens (tertiary/aromatic N) is 6. The number of hydrogen-bond donors (Lipinski definition) is 0. The summed E-state index contributed by atoms with van der Waals surface area (Å²) >= 11 is 0. The van der Waals surface area contributed by atoms with Crippen LogP contribution in [-0.4, -0.2) is 61.5 Å². The highest BCUT2D eigenvalue weighted by atomic mass is 19.1. The van der Waals surface area contributed by atoms with Crippen molar-refractivity contribution in [2.45, 2.75) is 31.7 Å². The summed E-state index contributed by atoms with van der Waals surface area (Å²) in [5.74, 6) is 0. The van der Waals surface area contributed by atoms with E-state index in [1.165, 1.54) is 5.69 Å². The van der Waals surface area contributed by atoms with E-state index in [1.54, 1.807) is 4.68 Å². The third kappa shape index (κ3) is 3.97. The first-order chi connectivity index (χ1) is 11.0. The summed E-state index contributed by atoms with van der Waals surface area (Å²) in [7, 11) is 5.99. The monoisotopic (exact) mass is 320 g/mol. The predicted octanol–water partition coefficient (Wildman–Crippen LogP) is 1.20. The average Bonchev–Trinajstić information content (AvgIpc) is 3.15. The molecule has 126 valence electrons. The third-order valence-electron chi connectivity index (χ3n) is 4.49. The first kappa shape index (κ1) is 16.1. The molecular formula is C16H25FN6. The van der Waals surface area contributed by atoms with Crippen molar-refractivity contribution in [3.8, 4) is 0 Å². The van der Waals surface area contributed by atoms with Gasteiger partial charge in [-0.15, -0.1) is 0 Å². The van der Waals surface area contributed by atoms with E-state index < -0.39 is 6.17 Å². The van der Waals surface area contributed by atoms with Crippen molar-refractivity contribution in [2.24, 2.45) is 14.1 Å². The van der Waals surface area contributed by atoms with Crippen LogP contribution in [-0.2, 0) is 27.2 Å². The van der Waals surface area contributed by atoms with Crippen molar-refractivity contribution in [1.29, 1.82) is 0 Å². The highest BCUT2D eigenvalue weighted by molar-refractivity contribution is 5.05. The van der Waals surface area contributed by atoms with Crippen molar-refractivity contribution in [3.05, 3.63) is 36.2 Å². The molecule has 23 heavy (non-hydrogen) atoms. The largest absolute Gasteiger partial charge is 0.337 e. The molecule has 1 saturated heterocycles. The van der Waals surface area contributed by atoms with Crippen LogP contribution >= 0.6 is 0 Å². The second-order valence-electron chi connectivity index (χ2n) is 6.63. The summed E-state index contributed by atoms with van der Waals surface area (Å²) in [4.78, 5) is 8.63. The van der Waals surface area contributed by atoms with Gasteiger partial charge in [-0.2, -0.15) is 5.10 Å². The smallest absolute Gasteiger partial charge is 0.114 e. The molecule has 0 unspecified atom stereocenters. The molecule has 0 amide bonds. The van der Waals surface area contributed by atoms with Crippen molar-refractivity contribution in [3.63, 3.8) is 0 Å². The number of likely N-dealkylation sites (tertiary alicyclic amines) is 1. The molecule has 0 aromatic carbocycles. The van der Waals surface area contributed by atoms with Crippen LogP contribution in [0.2, 0.25) is 0 Å². The minimum Gasteiger partial charge on any atom is -0.337 e. The van der Waals surface area contributed by atoms with Gasteiger partial charge in [0, 0.05) is 64.3 Å². The Morgan fingerprint density at radius 1 is 1.35 bits per heavy atom. The van der Waals surface area contributed by atoms with Crippen molar-refractivity contribution >= 4 is 0 Å². The lowest BCUT2D eigenvalue weighted by Crippen LogP contribution is -2.38. The topological polar surface area (TPSA) is 42.1 Å². The van der Waals surface area contributed by atoms with Crippen LogP contribution in [0.3, 0.4) is 0 Å². The van der Waals surface area contributed by atoms with E-state index in [0.29, 0.717) is 13.0 Å². The van der Waals surface area contributed by atoms with Gasteiger partial charge < -0.3 is 4.57 Å². The Hall–Kier alpha value is -1.73. The molecule has 2 aromatic heterocycles. The number of rotatable bonds is 6. The average molecular weight is 320 g/mol. The minimum atomic E-state index is -0.734. The molecule has 2 aromatic rings. The molecule has 3 rings (SSSR count). The Morgan fingerprint density at radius 2 is 2.17 bits per heavy atom. The Bertz CT molecular complexity index is 636. The van der Waals surface area contributed by atoms with Crippen molar-refractivity contribution in [1.82, 2.24) is 29.1 Å². The standard InChI is InChI=1S/C16H25FN6/c1-20(11-16-6-18-12-21(16)2)10-15-4-14(17)9-23(15)8-13-5-19-22(3)7-13/h5-7,12,14-15H,4,8-11H2,1-3H3/t14-,15-/m0/s1. The quantitative estimate of drug-likeness (QED) is 0.802. The van der Waals surface area contributed by atoms with E-state index in [4.69, 9.17) is 0 Å². The maximum absolute atomic E-state index is 13.9. The third-order valence-corrected chi connectivity index (χ3v) is 4.49. The summed E-state index contributed by atoms with van der Waals surface area (Å²) in [5.41, 5.74) is 2.31. The fourth-order valence-corrected chi connectivity index (χ4v) is 3.33. The molecule has 0 N–H and O–H groups in total. The molecule has 1 aliphatic rings. The lowest BCUT2D eigenvalue weighted by Gasteiger charge is -2.28. The Morgan fingerprint density at radius 3 is 2.83 bits per heavy atom. The van der Waals surface area contributed by atoms with E-state index in [9.17, 15) is 4.39 Å². The van der Waals surface area contributed by atoms with Crippen LogP contribution in [0.1, 0.15) is 17.7 Å². The fourth-order valence-electron chi connectivity index (χ4n) is 3.33. The van der Waals surface area contributed by atoms with Crippen LogP contribution in [0.25, 0.3) is 0 Å². The zero-order chi connectivity index (χ0) is 16.4. The molecule has 0 spiro atoms. The minimum absolute atomic E-state index is 0.239. The van der Waals surface area contributed by atoms with E-state index in [1.807, 2.05) is 43.6 Å². The van der Waals surface area contributed by atoms with Crippen LogP contribution in [0.5, 0.6) is 0 Å². The van der Waals surface area contributed by atoms with Gasteiger partial charge in [0.2, 0.25) is 0 Å². The van der Waals surface area contributed by atoms with E-state index in [-0.39, 0.29) is 6.04 Å². The van der Waals surface area contributed by atoms with E-state index in [0.717, 1.165) is 25.2 Å². The van der Waals surface area contributed by atoms with Gasteiger partial charge in [0.1, 0.15) is 6.17 Å². The summed E-state index contributed by atoms with van der Waals surface area (Å²) in [6, 6.07) is 0.239. The Kier molecular flexibility index (Phi) is 4.77. The normalized spacial score (nSPS) is 22.3. The number of likely N-dealkylation sites (N-methyl/N-ethyl adjacent to an activating group) is 1. The zero-order valence-corrected chi connectivity index (χ0v) is 14.1. The van der Waals surface area contributed by atoms with E-state index >= 15 is 0 Å². The zero-order valence-electron chi connectivity index (χ0n) is 14.1. The molecule has 1 fully saturated rings. The predicted molar refractivity (Wildman–Crippen MR) is 86.5 cm³/mol. The van der Waals surface area contributed by atoms with Gasteiger partial charge in [0.25, 0.3) is 0 Å². The van der Waals surface area contributed by atoms with Crippen LogP contribution in [0, 0.1) is 0 Å². The Labute approximate surface area is 136 Å². The highest BCUT2D eigenvalue weighted by Gasteiger charge is 2.32. The van der Waals surface area contributed by atoms with Crippen molar-refractivity contribution in [2.75, 3.05) is 20.1 Å². The Balaban J connectivity index is 1.59. The van der Waals surface area contributed by atoms with Gasteiger partial charge in [-0.3, -0.25) is 14.5 Å². The van der Waals surface area contributed by atoms with Gasteiger partial charge in [-0.05, 0) is 13.5 Å². The number of aromatic nitrogens is 4. The van der Waals surface area contributed by atoms with Gasteiger partial charge >= 0.3 is 0 Å². The molecule has 0 aliphatic carbocycles. The van der Waals surface area contributed by atoms with Crippen LogP contribution < -0.4 is 0 Å². The second kappa shape index (κ2) is 6.80. The molecule has 0 bridgehead atoms. The molecule has 0 saturated carbocycles. The molecule has 0 radical (unpaired) electrons. The molecule has 7 heteroatoms. The van der Waals surface area contributed by atoms with Crippen LogP contribution in [0.4, 0.5) is 4.39 Å². The van der Waals surface area contributed by atoms with Crippen molar-refractivity contribution < 1.29 is 4.39 Å². The maximum atomic E-state index is 13.9. The summed E-state index contributed by atoms with van der Waals surface area (Å²) in [5, 5.41) is 4.20. The maximum Gasteiger partial charge on any atom is 0.114 e. The number of imidazole rings is 1. The number of hydrogen-bond acceptors (Lipinski definition) is 4. The first-order valence-electron chi connectivity index (χ1n) is 8.00. The van der Waals surface area contributed by atoms with Gasteiger partial charge in [-0.25, -0.2) is 9.37 Å². The summed E-state index contributed by atoms with van der Waals surface area (Å²) in [6.07, 6.45) is 7.43. The molecule has 3 heterocycles. The lowest BCUT2D eigenvalue weighted by atomic mass is 10.2. The molecule has 1 aliphatic heterocycles. The number of aryl methyl sites for hydroxylation is 2. The van der Waals surface area contributed by atoms with Crippen LogP contribution in [0.15, 0.2) is 24.9 Å². The summed E-state index contributed by atoms with van der Waals surface area (Å²) in [6.45, 7) is 2.95. The second-order valence-corrected chi connectivity index (χ2v) is 6.63. The molecule has 6 nitrogen and oxygen atoms in total. The van der Waals surface area contributed by atoms with Gasteiger partial charge in [0.15, 0.2) is 0 Å². The number of halogens is 1. The van der Waals surface area contributed by atoms with Gasteiger partial charge in [0.05, 0.1) is 18.2 Å². The SMILES string of the molecule is CN(Cc1cncn1C)C[C@@H]1C[C@H](F)CN1Cc1cnn(C)c1. The fraction of sp³-hybridized carbons (Fsp3) is 0.625. The molecule has 2 atom stereocenters. The summed E-state index contributed by atoms with van der Waals surface area (Å²) < 4.78 is 17.7.